The van der Waals surface area contributed by atoms with E-state index in [0.717, 1.165) is 0 Å². The zero-order valence-corrected chi connectivity index (χ0v) is 19.8. The van der Waals surface area contributed by atoms with Gasteiger partial charge in [0, 0.05) is 38.5 Å². The van der Waals surface area contributed by atoms with Crippen molar-refractivity contribution in [3.8, 4) is 0 Å². The lowest BCUT2D eigenvalue weighted by molar-refractivity contribution is -0.0496. The average Bonchev–Trinajstić information content (AvgIpc) is 2.59. The first kappa shape index (κ1) is 27.6. The third-order valence-corrected chi connectivity index (χ3v) is 7.54. The van der Waals surface area contributed by atoms with E-state index in [1.165, 1.54) is 0 Å². The molecule has 1 aliphatic heterocycles. The number of rotatable bonds is 8. The Morgan fingerprint density at radius 2 is 1.68 bits per heavy atom. The lowest BCUT2D eigenvalue weighted by Gasteiger charge is -2.30. The van der Waals surface area contributed by atoms with Gasteiger partial charge in [-0.15, -0.1) is 24.0 Å². The number of sulfonamides is 1. The molecule has 1 heterocycles. The number of hydrogen-bond acceptors (Lipinski definition) is 5. The highest BCUT2D eigenvalue weighted by atomic mass is 127. The van der Waals surface area contributed by atoms with Crippen molar-refractivity contribution < 1.29 is 30.0 Å². The van der Waals surface area contributed by atoms with Gasteiger partial charge >= 0.3 is 15.5 Å². The fourth-order valence-electron chi connectivity index (χ4n) is 2.51. The quantitative estimate of drug-likeness (QED) is 0.260. The van der Waals surface area contributed by atoms with Crippen LogP contribution in [-0.4, -0.2) is 76.8 Å². The van der Waals surface area contributed by atoms with Crippen LogP contribution in [0.5, 0.6) is 0 Å². The van der Waals surface area contributed by atoms with Gasteiger partial charge in [-0.25, -0.2) is 16.8 Å². The highest BCUT2D eigenvalue weighted by Gasteiger charge is 2.50. The standard InChI is InChI=1S/C14H27F3N4O4S2.HI/c1-3-18-13(19-7-10-26(22,23)4-2)20-11-12-5-8-21(9-6-12)27(24,25)14(15,16)17;/h12H,3-11H2,1-2H3,(H2,18,19,20);1H. The summed E-state index contributed by atoms with van der Waals surface area (Å²) in [6.45, 7) is 4.11. The Balaban J connectivity index is 0.00000729. The van der Waals surface area contributed by atoms with Gasteiger partial charge in [0.1, 0.15) is 0 Å². The molecule has 0 spiro atoms. The van der Waals surface area contributed by atoms with Crippen molar-refractivity contribution in [2.45, 2.75) is 32.2 Å². The van der Waals surface area contributed by atoms with Crippen molar-refractivity contribution in [1.82, 2.24) is 14.9 Å². The van der Waals surface area contributed by atoms with Crippen LogP contribution in [0.25, 0.3) is 0 Å². The molecule has 0 aromatic rings. The first-order chi connectivity index (χ1) is 12.4. The zero-order valence-electron chi connectivity index (χ0n) is 15.8. The number of alkyl halides is 3. The maximum atomic E-state index is 12.6. The summed E-state index contributed by atoms with van der Waals surface area (Å²) in [4.78, 5) is 4.33. The van der Waals surface area contributed by atoms with E-state index in [4.69, 9.17) is 0 Å². The number of piperidine rings is 1. The molecule has 0 radical (unpaired) electrons. The molecule has 0 atom stereocenters. The maximum absolute atomic E-state index is 12.6. The lowest BCUT2D eigenvalue weighted by Crippen LogP contribution is -2.45. The molecule has 1 rings (SSSR count). The van der Waals surface area contributed by atoms with Crippen LogP contribution in [-0.2, 0) is 19.9 Å². The monoisotopic (exact) mass is 564 g/mol. The van der Waals surface area contributed by atoms with Crippen LogP contribution < -0.4 is 10.6 Å². The van der Waals surface area contributed by atoms with Gasteiger partial charge in [-0.2, -0.15) is 17.5 Å². The largest absolute Gasteiger partial charge is 0.511 e. The Morgan fingerprint density at radius 1 is 1.11 bits per heavy atom. The van der Waals surface area contributed by atoms with Crippen molar-refractivity contribution in [1.29, 1.82) is 0 Å². The molecule has 0 unspecified atom stereocenters. The number of hydrogen-bond donors (Lipinski definition) is 2. The van der Waals surface area contributed by atoms with E-state index in [-0.39, 0.29) is 73.9 Å². The van der Waals surface area contributed by atoms with Gasteiger partial charge in [0.05, 0.1) is 5.75 Å². The van der Waals surface area contributed by atoms with Crippen molar-refractivity contribution in [2.24, 2.45) is 10.9 Å². The summed E-state index contributed by atoms with van der Waals surface area (Å²) in [6.07, 6.45) is 0.560. The van der Waals surface area contributed by atoms with Crippen molar-refractivity contribution in [3.05, 3.63) is 0 Å². The molecule has 2 N–H and O–H groups in total. The maximum Gasteiger partial charge on any atom is 0.511 e. The molecule has 0 aromatic carbocycles. The molecule has 1 saturated heterocycles. The lowest BCUT2D eigenvalue weighted by atomic mass is 9.98. The molecule has 1 fully saturated rings. The van der Waals surface area contributed by atoms with Gasteiger partial charge in [0.25, 0.3) is 0 Å². The molecule has 8 nitrogen and oxygen atoms in total. The number of guanidine groups is 1. The summed E-state index contributed by atoms with van der Waals surface area (Å²) in [5.74, 6) is 0.414. The van der Waals surface area contributed by atoms with E-state index in [9.17, 15) is 30.0 Å². The average molecular weight is 564 g/mol. The smallest absolute Gasteiger partial charge is 0.357 e. The molecule has 0 aromatic heterocycles. The minimum Gasteiger partial charge on any atom is -0.357 e. The molecular weight excluding hydrogens is 536 g/mol. The molecule has 0 bridgehead atoms. The van der Waals surface area contributed by atoms with Gasteiger partial charge < -0.3 is 10.6 Å². The Bertz CT molecular complexity index is 707. The summed E-state index contributed by atoms with van der Waals surface area (Å²) in [6, 6.07) is 0. The Morgan fingerprint density at radius 3 is 2.14 bits per heavy atom. The fourth-order valence-corrected chi connectivity index (χ4v) is 4.20. The Labute approximate surface area is 181 Å². The second-order valence-electron chi connectivity index (χ2n) is 6.18. The van der Waals surface area contributed by atoms with Crippen molar-refractivity contribution >= 4 is 49.8 Å². The molecule has 0 aliphatic carbocycles. The van der Waals surface area contributed by atoms with Gasteiger partial charge in [0.15, 0.2) is 15.8 Å². The van der Waals surface area contributed by atoms with Crippen LogP contribution in [0.1, 0.15) is 26.7 Å². The van der Waals surface area contributed by atoms with Crippen LogP contribution in [0.15, 0.2) is 4.99 Å². The fraction of sp³-hybridized carbons (Fsp3) is 0.929. The van der Waals surface area contributed by atoms with Gasteiger partial charge in [-0.05, 0) is 25.7 Å². The zero-order chi connectivity index (χ0) is 20.7. The van der Waals surface area contributed by atoms with Crippen molar-refractivity contribution in [2.75, 3.05) is 44.2 Å². The highest BCUT2D eigenvalue weighted by Crippen LogP contribution is 2.30. The predicted octanol–water partition coefficient (Wildman–Crippen LogP) is 1.16. The van der Waals surface area contributed by atoms with Crippen LogP contribution >= 0.6 is 24.0 Å². The summed E-state index contributed by atoms with van der Waals surface area (Å²) in [5, 5.41) is 5.88. The van der Waals surface area contributed by atoms with E-state index in [1.54, 1.807) is 6.92 Å². The number of nitrogens with zero attached hydrogens (tertiary/aromatic N) is 2. The van der Waals surface area contributed by atoms with E-state index >= 15 is 0 Å². The topological polar surface area (TPSA) is 108 Å². The number of halogens is 4. The second-order valence-corrected chi connectivity index (χ2v) is 10.6. The normalized spacial score (nSPS) is 17.8. The summed E-state index contributed by atoms with van der Waals surface area (Å²) >= 11 is 0. The molecule has 28 heavy (non-hydrogen) atoms. The minimum atomic E-state index is -5.28. The van der Waals surface area contributed by atoms with Crippen LogP contribution in [0, 0.1) is 5.92 Å². The predicted molar refractivity (Wildman–Crippen MR) is 113 cm³/mol. The van der Waals surface area contributed by atoms with Crippen molar-refractivity contribution in [3.63, 3.8) is 0 Å². The van der Waals surface area contributed by atoms with Gasteiger partial charge in [-0.1, -0.05) is 6.92 Å². The van der Waals surface area contributed by atoms with Crippen LogP contribution in [0.4, 0.5) is 13.2 Å². The van der Waals surface area contributed by atoms with Crippen LogP contribution in [0.2, 0.25) is 0 Å². The summed E-state index contributed by atoms with van der Waals surface area (Å²) < 4.78 is 83.9. The summed E-state index contributed by atoms with van der Waals surface area (Å²) in [5.41, 5.74) is -5.28. The number of nitrogens with one attached hydrogen (secondary N) is 2. The third kappa shape index (κ3) is 8.57. The first-order valence-electron chi connectivity index (χ1n) is 8.72. The van der Waals surface area contributed by atoms with E-state index in [2.05, 4.69) is 15.6 Å². The molecule has 0 saturated carbocycles. The first-order valence-corrected chi connectivity index (χ1v) is 12.0. The molecule has 1 aliphatic rings. The minimum absolute atomic E-state index is 0. The highest BCUT2D eigenvalue weighted by molar-refractivity contribution is 14.0. The van der Waals surface area contributed by atoms with Gasteiger partial charge in [-0.3, -0.25) is 4.99 Å². The van der Waals surface area contributed by atoms with E-state index < -0.39 is 25.4 Å². The molecule has 0 amide bonds. The van der Waals surface area contributed by atoms with E-state index in [1.807, 2.05) is 6.92 Å². The Kier molecular flexibility index (Phi) is 11.6. The number of sulfone groups is 1. The second kappa shape index (κ2) is 11.7. The molecule has 168 valence electrons. The Hall–Kier alpha value is -0.350. The summed E-state index contributed by atoms with van der Waals surface area (Å²) in [7, 11) is -8.37. The third-order valence-electron chi connectivity index (χ3n) is 4.20. The SMILES string of the molecule is CCNC(=NCC1CCN(S(=O)(=O)C(F)(F)F)CC1)NCCS(=O)(=O)CC.I. The molecular formula is C14H28F3IN4O4S2. The number of aliphatic imine (C=N–C) groups is 1. The van der Waals surface area contributed by atoms with E-state index in [0.29, 0.717) is 23.4 Å². The van der Waals surface area contributed by atoms with Gasteiger partial charge in [0.2, 0.25) is 0 Å². The van der Waals surface area contributed by atoms with Crippen LogP contribution in [0.3, 0.4) is 0 Å². The molecule has 14 heteroatoms.